The first-order valence-electron chi connectivity index (χ1n) is 12.4. The first-order chi connectivity index (χ1) is 19.5. The number of nitrogens with one attached hydrogen (secondary N) is 1. The Bertz CT molecular complexity index is 1510. The summed E-state index contributed by atoms with van der Waals surface area (Å²) >= 11 is 0. The van der Waals surface area contributed by atoms with E-state index in [1.165, 1.54) is 49.4 Å². The number of carbonyl (C=O) groups excluding carboxylic acids is 1. The number of amides is 1. The monoisotopic (exact) mass is 571 g/mol. The zero-order valence-corrected chi connectivity index (χ0v) is 21.7. The highest BCUT2D eigenvalue weighted by Crippen LogP contribution is 2.32. The van der Waals surface area contributed by atoms with E-state index in [0.717, 1.165) is 17.7 Å². The van der Waals surface area contributed by atoms with Crippen LogP contribution in [-0.4, -0.2) is 35.5 Å². The predicted octanol–water partition coefficient (Wildman–Crippen LogP) is 6.24. The van der Waals surface area contributed by atoms with Crippen LogP contribution >= 0.6 is 0 Å². The standard InChI is InChI=1S/C30H25F4NO6/c1-18(39-16-19-5-3-2-4-6-19)26(29(37)38)35-28(36)25-13-9-21-15-22(31)10-14-24(21)27(25)40-17-20-7-11-23(12-8-20)41-30(32,33)34/h2-15,18,26H,16-17H2,1H3,(H,35,36)(H,37,38)/t18-,26+/m1/s1. The minimum atomic E-state index is -4.84. The molecular weight excluding hydrogens is 546 g/mol. The number of aliphatic carboxylic acids is 1. The summed E-state index contributed by atoms with van der Waals surface area (Å²) < 4.78 is 66.8. The van der Waals surface area contributed by atoms with Gasteiger partial charge in [0.15, 0.2) is 6.04 Å². The molecule has 4 aromatic rings. The van der Waals surface area contributed by atoms with Gasteiger partial charge in [-0.15, -0.1) is 13.2 Å². The Morgan fingerprint density at radius 1 is 0.902 bits per heavy atom. The molecule has 7 nitrogen and oxygen atoms in total. The van der Waals surface area contributed by atoms with Gasteiger partial charge in [0, 0.05) is 5.39 Å². The van der Waals surface area contributed by atoms with E-state index in [9.17, 15) is 32.3 Å². The molecule has 0 heterocycles. The molecule has 41 heavy (non-hydrogen) atoms. The number of fused-ring (bicyclic) bond motifs is 1. The molecule has 0 aromatic heterocycles. The second-order valence-electron chi connectivity index (χ2n) is 9.08. The summed E-state index contributed by atoms with van der Waals surface area (Å²) in [4.78, 5) is 25.4. The van der Waals surface area contributed by atoms with Crippen molar-refractivity contribution >= 4 is 22.6 Å². The van der Waals surface area contributed by atoms with E-state index in [1.54, 1.807) is 0 Å². The van der Waals surface area contributed by atoms with Gasteiger partial charge in [0.05, 0.1) is 18.3 Å². The maximum atomic E-state index is 13.9. The summed E-state index contributed by atoms with van der Waals surface area (Å²) in [5.74, 6) is -2.98. The fraction of sp³-hybridized carbons (Fsp3) is 0.200. The lowest BCUT2D eigenvalue weighted by Crippen LogP contribution is -2.48. The molecule has 4 rings (SSSR count). The molecule has 0 spiro atoms. The van der Waals surface area contributed by atoms with Crippen molar-refractivity contribution in [1.29, 1.82) is 0 Å². The van der Waals surface area contributed by atoms with Crippen LogP contribution in [0, 0.1) is 5.82 Å². The van der Waals surface area contributed by atoms with Crippen molar-refractivity contribution in [2.24, 2.45) is 0 Å². The van der Waals surface area contributed by atoms with Gasteiger partial charge in [-0.2, -0.15) is 0 Å². The number of carboxylic acids is 1. The molecule has 2 N–H and O–H groups in total. The van der Waals surface area contributed by atoms with Crippen molar-refractivity contribution in [3.8, 4) is 11.5 Å². The fourth-order valence-corrected chi connectivity index (χ4v) is 4.05. The van der Waals surface area contributed by atoms with E-state index in [4.69, 9.17) is 9.47 Å². The molecule has 0 aliphatic rings. The van der Waals surface area contributed by atoms with Gasteiger partial charge < -0.3 is 24.6 Å². The largest absolute Gasteiger partial charge is 0.573 e. The lowest BCUT2D eigenvalue weighted by atomic mass is 10.0. The lowest BCUT2D eigenvalue weighted by Gasteiger charge is -2.23. The Hall–Kier alpha value is -4.64. The highest BCUT2D eigenvalue weighted by Gasteiger charge is 2.31. The molecule has 0 radical (unpaired) electrons. The molecule has 0 unspecified atom stereocenters. The molecule has 4 aromatic carbocycles. The average molecular weight is 572 g/mol. The summed E-state index contributed by atoms with van der Waals surface area (Å²) in [6.07, 6.45) is -5.75. The molecule has 2 atom stereocenters. The zero-order chi connectivity index (χ0) is 29.6. The van der Waals surface area contributed by atoms with Crippen molar-refractivity contribution in [2.75, 3.05) is 0 Å². The van der Waals surface area contributed by atoms with Crippen LogP contribution in [0.2, 0.25) is 0 Å². The van der Waals surface area contributed by atoms with Crippen LogP contribution in [0.5, 0.6) is 11.5 Å². The van der Waals surface area contributed by atoms with Gasteiger partial charge in [-0.3, -0.25) is 4.79 Å². The van der Waals surface area contributed by atoms with Crippen molar-refractivity contribution in [1.82, 2.24) is 5.32 Å². The van der Waals surface area contributed by atoms with Gasteiger partial charge in [0.25, 0.3) is 5.91 Å². The molecule has 0 aliphatic carbocycles. The van der Waals surface area contributed by atoms with Crippen LogP contribution in [0.4, 0.5) is 17.6 Å². The first-order valence-corrected chi connectivity index (χ1v) is 12.4. The van der Waals surface area contributed by atoms with Gasteiger partial charge in [0.1, 0.15) is 23.9 Å². The summed E-state index contributed by atoms with van der Waals surface area (Å²) in [7, 11) is 0. The summed E-state index contributed by atoms with van der Waals surface area (Å²) in [6.45, 7) is 1.49. The Morgan fingerprint density at radius 3 is 2.24 bits per heavy atom. The third kappa shape index (κ3) is 7.95. The number of rotatable bonds is 11. The van der Waals surface area contributed by atoms with Crippen LogP contribution in [-0.2, 0) is 22.7 Å². The van der Waals surface area contributed by atoms with E-state index in [2.05, 4.69) is 10.1 Å². The second-order valence-corrected chi connectivity index (χ2v) is 9.08. The van der Waals surface area contributed by atoms with Gasteiger partial charge in [-0.25, -0.2) is 9.18 Å². The Morgan fingerprint density at radius 2 is 1.59 bits per heavy atom. The molecule has 0 saturated heterocycles. The summed E-state index contributed by atoms with van der Waals surface area (Å²) in [5, 5.41) is 13.1. The minimum absolute atomic E-state index is 0.0253. The maximum Gasteiger partial charge on any atom is 0.573 e. The quantitative estimate of drug-likeness (QED) is 0.207. The van der Waals surface area contributed by atoms with Gasteiger partial charge >= 0.3 is 12.3 Å². The number of ether oxygens (including phenoxy) is 3. The minimum Gasteiger partial charge on any atom is -0.487 e. The van der Waals surface area contributed by atoms with Crippen LogP contribution in [0.1, 0.15) is 28.4 Å². The highest BCUT2D eigenvalue weighted by molar-refractivity contribution is 6.05. The van der Waals surface area contributed by atoms with Crippen LogP contribution in [0.15, 0.2) is 84.9 Å². The number of alkyl halides is 3. The van der Waals surface area contributed by atoms with Gasteiger partial charge in [0.2, 0.25) is 0 Å². The van der Waals surface area contributed by atoms with Crippen molar-refractivity contribution < 1.29 is 46.5 Å². The zero-order valence-electron chi connectivity index (χ0n) is 21.7. The number of carbonyl (C=O) groups is 2. The van der Waals surface area contributed by atoms with Crippen molar-refractivity contribution in [3.05, 3.63) is 107 Å². The molecule has 1 amide bonds. The molecule has 11 heteroatoms. The van der Waals surface area contributed by atoms with Gasteiger partial charge in [-0.05, 0) is 59.8 Å². The van der Waals surface area contributed by atoms with E-state index < -0.39 is 42.0 Å². The molecule has 0 fully saturated rings. The van der Waals surface area contributed by atoms with Crippen LogP contribution in [0.25, 0.3) is 10.8 Å². The number of hydrogen-bond donors (Lipinski definition) is 2. The third-order valence-electron chi connectivity index (χ3n) is 6.09. The summed E-state index contributed by atoms with van der Waals surface area (Å²) in [5.41, 5.74) is 1.25. The Balaban J connectivity index is 1.55. The number of benzene rings is 4. The molecule has 0 bridgehead atoms. The van der Waals surface area contributed by atoms with E-state index in [-0.39, 0.29) is 24.5 Å². The average Bonchev–Trinajstić information content (AvgIpc) is 2.93. The SMILES string of the molecule is C[C@@H](OCc1ccccc1)[C@H](NC(=O)c1ccc2cc(F)ccc2c1OCc1ccc(OC(F)(F)F)cc1)C(=O)O. The lowest BCUT2D eigenvalue weighted by molar-refractivity contribution is -0.274. The molecule has 0 saturated carbocycles. The second kappa shape index (κ2) is 12.7. The highest BCUT2D eigenvalue weighted by atomic mass is 19.4. The van der Waals surface area contributed by atoms with E-state index in [1.807, 2.05) is 30.3 Å². The van der Waals surface area contributed by atoms with Gasteiger partial charge in [-0.1, -0.05) is 48.5 Å². The smallest absolute Gasteiger partial charge is 0.487 e. The Kier molecular flexibility index (Phi) is 9.08. The number of carboxylic acid groups (broad SMARTS) is 1. The Labute approximate surface area is 232 Å². The fourth-order valence-electron chi connectivity index (χ4n) is 4.05. The predicted molar refractivity (Wildman–Crippen MR) is 141 cm³/mol. The number of halogens is 4. The van der Waals surface area contributed by atoms with Crippen molar-refractivity contribution in [3.63, 3.8) is 0 Å². The third-order valence-corrected chi connectivity index (χ3v) is 6.09. The summed E-state index contributed by atoms with van der Waals surface area (Å²) in [6, 6.07) is 19.4. The maximum absolute atomic E-state index is 13.9. The normalized spacial score (nSPS) is 12.9. The topological polar surface area (TPSA) is 94.1 Å². The van der Waals surface area contributed by atoms with Crippen LogP contribution < -0.4 is 14.8 Å². The molecular formula is C30H25F4NO6. The molecule has 214 valence electrons. The van der Waals surface area contributed by atoms with E-state index >= 15 is 0 Å². The van der Waals surface area contributed by atoms with Crippen molar-refractivity contribution in [2.45, 2.75) is 38.6 Å². The van der Waals surface area contributed by atoms with Crippen LogP contribution in [0.3, 0.4) is 0 Å². The number of hydrogen-bond acceptors (Lipinski definition) is 5. The first kappa shape index (κ1) is 29.3. The van der Waals surface area contributed by atoms with E-state index in [0.29, 0.717) is 16.3 Å². The molecule has 0 aliphatic heterocycles.